The molecule has 0 unspecified atom stereocenters. The Kier molecular flexibility index (Phi) is 5.28. The summed E-state index contributed by atoms with van der Waals surface area (Å²) in [4.78, 5) is 24.9. The summed E-state index contributed by atoms with van der Waals surface area (Å²) in [5, 5.41) is 0. The number of carbonyl (C=O) groups is 2. The topological polar surface area (TPSA) is 46.6 Å². The minimum atomic E-state index is -4.32. The molecule has 7 heteroatoms. The Hall–Kier alpha value is -2.05. The zero-order valence-corrected chi connectivity index (χ0v) is 12.7. The Morgan fingerprint density at radius 1 is 1.35 bits per heavy atom. The molecule has 0 radical (unpaired) electrons. The first-order valence-corrected chi connectivity index (χ1v) is 7.36. The molecule has 1 aromatic rings. The molecule has 2 rings (SSSR count). The number of alkyl halides is 3. The molecule has 1 aliphatic rings. The maximum Gasteiger partial charge on any atom is 0.416 e. The lowest BCUT2D eigenvalue weighted by atomic mass is 10.0. The van der Waals surface area contributed by atoms with E-state index in [9.17, 15) is 22.8 Å². The van der Waals surface area contributed by atoms with Gasteiger partial charge < -0.3 is 4.74 Å². The van der Waals surface area contributed by atoms with Gasteiger partial charge in [-0.2, -0.15) is 13.2 Å². The van der Waals surface area contributed by atoms with Crippen LogP contribution in [0.5, 0.6) is 0 Å². The van der Waals surface area contributed by atoms with E-state index in [1.165, 1.54) is 6.92 Å². The SMILES string of the molecule is C[C@@H](CC(=O)N1C(=O)OC[C@@H]1Cc1ccccc1)CC(F)(F)F. The van der Waals surface area contributed by atoms with Gasteiger partial charge in [0.05, 0.1) is 6.04 Å². The molecule has 1 aromatic carbocycles. The summed E-state index contributed by atoms with van der Waals surface area (Å²) in [6.07, 6.45) is -6.07. The quantitative estimate of drug-likeness (QED) is 0.830. The van der Waals surface area contributed by atoms with E-state index in [0.717, 1.165) is 10.5 Å². The van der Waals surface area contributed by atoms with Crippen molar-refractivity contribution in [2.75, 3.05) is 6.61 Å². The lowest BCUT2D eigenvalue weighted by molar-refractivity contribution is -0.146. The number of benzene rings is 1. The molecule has 126 valence electrons. The molecule has 0 spiro atoms. The molecule has 1 aliphatic heterocycles. The fraction of sp³-hybridized carbons (Fsp3) is 0.500. The molecular weight excluding hydrogens is 311 g/mol. The number of ether oxygens (including phenoxy) is 1. The monoisotopic (exact) mass is 329 g/mol. The van der Waals surface area contributed by atoms with Crippen LogP contribution < -0.4 is 0 Å². The maximum atomic E-state index is 12.4. The lowest BCUT2D eigenvalue weighted by Gasteiger charge is -2.22. The second-order valence-corrected chi connectivity index (χ2v) is 5.81. The van der Waals surface area contributed by atoms with Gasteiger partial charge in [-0.25, -0.2) is 9.69 Å². The molecule has 1 saturated heterocycles. The van der Waals surface area contributed by atoms with Crippen LogP contribution in [0.15, 0.2) is 30.3 Å². The van der Waals surface area contributed by atoms with Crippen molar-refractivity contribution < 1.29 is 27.5 Å². The van der Waals surface area contributed by atoms with Crippen LogP contribution in [0.2, 0.25) is 0 Å². The average molecular weight is 329 g/mol. The van der Waals surface area contributed by atoms with E-state index in [1.807, 2.05) is 30.3 Å². The van der Waals surface area contributed by atoms with Gasteiger partial charge in [0, 0.05) is 12.8 Å². The van der Waals surface area contributed by atoms with Crippen LogP contribution >= 0.6 is 0 Å². The Labute approximate surface area is 132 Å². The standard InChI is InChI=1S/C16H18F3NO3/c1-11(9-16(17,18)19)7-14(21)20-13(10-23-15(20)22)8-12-5-3-2-4-6-12/h2-6,11,13H,7-10H2,1H3/t11-,13-/m0/s1. The van der Waals surface area contributed by atoms with E-state index >= 15 is 0 Å². The number of halogens is 3. The van der Waals surface area contributed by atoms with E-state index in [1.54, 1.807) is 0 Å². The number of carbonyl (C=O) groups excluding carboxylic acids is 2. The van der Waals surface area contributed by atoms with Crippen molar-refractivity contribution in [2.24, 2.45) is 5.92 Å². The van der Waals surface area contributed by atoms with Crippen molar-refractivity contribution in [3.8, 4) is 0 Å². The van der Waals surface area contributed by atoms with Gasteiger partial charge in [-0.05, 0) is 17.9 Å². The van der Waals surface area contributed by atoms with Crippen molar-refractivity contribution in [2.45, 2.75) is 38.4 Å². The summed E-state index contributed by atoms with van der Waals surface area (Å²) in [6.45, 7) is 1.41. The summed E-state index contributed by atoms with van der Waals surface area (Å²) in [5.74, 6) is -1.50. The van der Waals surface area contributed by atoms with Gasteiger partial charge in [-0.1, -0.05) is 37.3 Å². The first-order chi connectivity index (χ1) is 10.8. The summed E-state index contributed by atoms with van der Waals surface area (Å²) in [7, 11) is 0. The molecule has 0 aromatic heterocycles. The van der Waals surface area contributed by atoms with Crippen molar-refractivity contribution in [3.05, 3.63) is 35.9 Å². The molecule has 4 nitrogen and oxygen atoms in total. The first-order valence-electron chi connectivity index (χ1n) is 7.36. The molecule has 0 bridgehead atoms. The van der Waals surface area contributed by atoms with Gasteiger partial charge in [0.25, 0.3) is 0 Å². The Balaban J connectivity index is 2.00. The van der Waals surface area contributed by atoms with Crippen LogP contribution in [0.25, 0.3) is 0 Å². The van der Waals surface area contributed by atoms with E-state index in [2.05, 4.69) is 0 Å². The van der Waals surface area contributed by atoms with E-state index < -0.39 is 36.6 Å². The molecular formula is C16H18F3NO3. The highest BCUT2D eigenvalue weighted by Crippen LogP contribution is 2.28. The van der Waals surface area contributed by atoms with Crippen molar-refractivity contribution in [3.63, 3.8) is 0 Å². The third-order valence-corrected chi connectivity index (χ3v) is 3.65. The van der Waals surface area contributed by atoms with E-state index in [4.69, 9.17) is 4.74 Å². The van der Waals surface area contributed by atoms with Crippen molar-refractivity contribution >= 4 is 12.0 Å². The van der Waals surface area contributed by atoms with Crippen LogP contribution in [-0.2, 0) is 16.0 Å². The number of amides is 2. The zero-order valence-electron chi connectivity index (χ0n) is 12.7. The first kappa shape index (κ1) is 17.3. The van der Waals surface area contributed by atoms with Gasteiger partial charge in [0.15, 0.2) is 0 Å². The fourth-order valence-electron chi connectivity index (χ4n) is 2.67. The van der Waals surface area contributed by atoms with E-state index in [-0.39, 0.29) is 13.0 Å². The van der Waals surface area contributed by atoms with Crippen LogP contribution in [0.3, 0.4) is 0 Å². The highest BCUT2D eigenvalue weighted by atomic mass is 19.4. The number of hydrogen-bond acceptors (Lipinski definition) is 3. The van der Waals surface area contributed by atoms with Crippen LogP contribution in [0.1, 0.15) is 25.3 Å². The van der Waals surface area contributed by atoms with Gasteiger partial charge in [0.2, 0.25) is 5.91 Å². The van der Waals surface area contributed by atoms with Crippen molar-refractivity contribution in [1.82, 2.24) is 4.90 Å². The third-order valence-electron chi connectivity index (χ3n) is 3.65. The van der Waals surface area contributed by atoms with E-state index in [0.29, 0.717) is 6.42 Å². The average Bonchev–Trinajstić information content (AvgIpc) is 2.78. The van der Waals surface area contributed by atoms with Gasteiger partial charge >= 0.3 is 12.3 Å². The van der Waals surface area contributed by atoms with Crippen LogP contribution in [0.4, 0.5) is 18.0 Å². The fourth-order valence-corrected chi connectivity index (χ4v) is 2.67. The molecule has 1 heterocycles. The van der Waals surface area contributed by atoms with Gasteiger partial charge in [-0.15, -0.1) is 0 Å². The smallest absolute Gasteiger partial charge is 0.416 e. The van der Waals surface area contributed by atoms with Crippen molar-refractivity contribution in [1.29, 1.82) is 0 Å². The van der Waals surface area contributed by atoms with Crippen LogP contribution in [-0.4, -0.2) is 35.7 Å². The number of hydrogen-bond donors (Lipinski definition) is 0. The molecule has 0 aliphatic carbocycles. The highest BCUT2D eigenvalue weighted by Gasteiger charge is 2.39. The predicted octanol–water partition coefficient (Wildman–Crippen LogP) is 3.56. The predicted molar refractivity (Wildman–Crippen MR) is 76.6 cm³/mol. The zero-order chi connectivity index (χ0) is 17.0. The Morgan fingerprint density at radius 3 is 2.61 bits per heavy atom. The molecule has 23 heavy (non-hydrogen) atoms. The summed E-state index contributed by atoms with van der Waals surface area (Å²) < 4.78 is 42.0. The minimum Gasteiger partial charge on any atom is -0.447 e. The molecule has 2 atom stereocenters. The number of nitrogens with zero attached hydrogens (tertiary/aromatic N) is 1. The Morgan fingerprint density at radius 2 is 2.00 bits per heavy atom. The van der Waals surface area contributed by atoms with Gasteiger partial charge in [-0.3, -0.25) is 4.79 Å². The summed E-state index contributed by atoms with van der Waals surface area (Å²) >= 11 is 0. The number of rotatable bonds is 5. The number of cyclic esters (lactones) is 1. The molecule has 0 N–H and O–H groups in total. The maximum absolute atomic E-state index is 12.4. The Bertz CT molecular complexity index is 559. The largest absolute Gasteiger partial charge is 0.447 e. The summed E-state index contributed by atoms with van der Waals surface area (Å²) in [6, 6.07) is 8.77. The van der Waals surface area contributed by atoms with Crippen LogP contribution in [0, 0.1) is 5.92 Å². The normalized spacial score (nSPS) is 19.6. The third kappa shape index (κ3) is 4.97. The lowest BCUT2D eigenvalue weighted by Crippen LogP contribution is -2.41. The summed E-state index contributed by atoms with van der Waals surface area (Å²) in [5.41, 5.74) is 0.928. The molecule has 2 amide bonds. The van der Waals surface area contributed by atoms with Gasteiger partial charge in [0.1, 0.15) is 6.61 Å². The second kappa shape index (κ2) is 7.02. The molecule has 1 fully saturated rings. The highest BCUT2D eigenvalue weighted by molar-refractivity contribution is 5.93. The minimum absolute atomic E-state index is 0.0626. The number of imide groups is 1. The molecule has 0 saturated carbocycles. The second-order valence-electron chi connectivity index (χ2n) is 5.81.